The van der Waals surface area contributed by atoms with Crippen molar-refractivity contribution < 1.29 is 14.4 Å². The van der Waals surface area contributed by atoms with Gasteiger partial charge in [0.25, 0.3) is 0 Å². The topological polar surface area (TPSA) is 78.5 Å². The van der Waals surface area contributed by atoms with E-state index in [1.807, 2.05) is 49.4 Å². The maximum Gasteiger partial charge on any atom is 0.246 e. The van der Waals surface area contributed by atoms with Crippen LogP contribution in [0.5, 0.6) is 0 Å². The molecular formula is C26H31N3O3. The molecule has 4 rings (SSSR count). The van der Waals surface area contributed by atoms with Crippen LogP contribution in [0, 0.1) is 6.92 Å². The molecule has 168 valence electrons. The van der Waals surface area contributed by atoms with Gasteiger partial charge in [-0.05, 0) is 49.9 Å². The number of nitrogens with one attached hydrogen (secondary N) is 2. The number of hydrogen-bond donors (Lipinski definition) is 2. The van der Waals surface area contributed by atoms with Crippen molar-refractivity contribution in [2.45, 2.75) is 70.4 Å². The second-order valence-corrected chi connectivity index (χ2v) is 9.22. The molecule has 3 amide bonds. The Hall–Kier alpha value is -3.15. The number of carbonyl (C=O) groups excluding carboxylic acids is 3. The minimum Gasteiger partial charge on any atom is -0.351 e. The number of rotatable bonds is 4. The van der Waals surface area contributed by atoms with Crippen LogP contribution in [-0.4, -0.2) is 29.3 Å². The Kier molecular flexibility index (Phi) is 6.31. The van der Waals surface area contributed by atoms with Gasteiger partial charge in [-0.3, -0.25) is 19.3 Å². The van der Waals surface area contributed by atoms with Gasteiger partial charge in [0.15, 0.2) is 0 Å². The predicted molar refractivity (Wildman–Crippen MR) is 125 cm³/mol. The van der Waals surface area contributed by atoms with Gasteiger partial charge in [-0.25, -0.2) is 0 Å². The Bertz CT molecular complexity index is 1010. The van der Waals surface area contributed by atoms with E-state index in [1.165, 1.54) is 6.42 Å². The van der Waals surface area contributed by atoms with E-state index in [1.54, 1.807) is 17.9 Å². The summed E-state index contributed by atoms with van der Waals surface area (Å²) in [5.74, 6) is -0.748. The van der Waals surface area contributed by atoms with Crippen LogP contribution < -0.4 is 15.5 Å². The quantitative estimate of drug-likeness (QED) is 0.761. The van der Waals surface area contributed by atoms with Crippen molar-refractivity contribution in [2.24, 2.45) is 0 Å². The van der Waals surface area contributed by atoms with Gasteiger partial charge in [0.1, 0.15) is 5.54 Å². The zero-order valence-electron chi connectivity index (χ0n) is 18.8. The summed E-state index contributed by atoms with van der Waals surface area (Å²) in [6.07, 6.45) is 5.26. The first-order valence-corrected chi connectivity index (χ1v) is 11.5. The fourth-order valence-corrected chi connectivity index (χ4v) is 4.81. The van der Waals surface area contributed by atoms with Crippen molar-refractivity contribution in [3.05, 3.63) is 59.7 Å². The number of nitrogens with zero attached hydrogens (tertiary/aromatic N) is 1. The van der Waals surface area contributed by atoms with Crippen molar-refractivity contribution in [3.63, 3.8) is 0 Å². The summed E-state index contributed by atoms with van der Waals surface area (Å²) >= 11 is 0. The molecule has 0 radical (unpaired) electrons. The van der Waals surface area contributed by atoms with E-state index in [0.717, 1.165) is 36.8 Å². The summed E-state index contributed by atoms with van der Waals surface area (Å²) in [6.45, 7) is 3.65. The fraction of sp³-hybridized carbons (Fsp3) is 0.423. The molecule has 2 aromatic carbocycles. The summed E-state index contributed by atoms with van der Waals surface area (Å²) in [6, 6.07) is 15.1. The van der Waals surface area contributed by atoms with Gasteiger partial charge in [-0.1, -0.05) is 55.7 Å². The minimum atomic E-state index is -1.33. The van der Waals surface area contributed by atoms with Crippen molar-refractivity contribution >= 4 is 29.1 Å². The molecule has 1 aliphatic heterocycles. The third-order valence-corrected chi connectivity index (χ3v) is 6.54. The molecule has 2 aromatic rings. The SMILES string of the molecule is Cc1ccc2c(c1)N(C(=O)Cc1ccccc1)C(C)(C(=O)NC1CCCCC1)CC(=O)N2. The number of aryl methyl sites for hydroxylation is 1. The van der Waals surface area contributed by atoms with Crippen LogP contribution in [0.2, 0.25) is 0 Å². The number of fused-ring (bicyclic) bond motifs is 1. The first-order valence-electron chi connectivity index (χ1n) is 11.5. The van der Waals surface area contributed by atoms with Gasteiger partial charge in [0, 0.05) is 6.04 Å². The van der Waals surface area contributed by atoms with Crippen LogP contribution in [0.3, 0.4) is 0 Å². The van der Waals surface area contributed by atoms with Crippen molar-refractivity contribution in [1.82, 2.24) is 5.32 Å². The van der Waals surface area contributed by atoms with Crippen LogP contribution in [0.1, 0.15) is 56.6 Å². The molecule has 6 heteroatoms. The summed E-state index contributed by atoms with van der Waals surface area (Å²) in [4.78, 5) is 41.8. The number of hydrogen-bond acceptors (Lipinski definition) is 3. The molecule has 1 atom stereocenters. The summed E-state index contributed by atoms with van der Waals surface area (Å²) in [5.41, 5.74) is 1.61. The lowest BCUT2D eigenvalue weighted by Gasteiger charge is -2.40. The Morgan fingerprint density at radius 1 is 1.09 bits per heavy atom. The van der Waals surface area contributed by atoms with E-state index in [-0.39, 0.29) is 36.6 Å². The van der Waals surface area contributed by atoms with Crippen LogP contribution in [0.25, 0.3) is 0 Å². The third-order valence-electron chi connectivity index (χ3n) is 6.54. The molecule has 0 aromatic heterocycles. The zero-order valence-corrected chi connectivity index (χ0v) is 18.8. The second kappa shape index (κ2) is 9.15. The van der Waals surface area contributed by atoms with E-state index < -0.39 is 5.54 Å². The number of carbonyl (C=O) groups is 3. The largest absolute Gasteiger partial charge is 0.351 e. The van der Waals surface area contributed by atoms with Crippen molar-refractivity contribution in [1.29, 1.82) is 0 Å². The Morgan fingerprint density at radius 3 is 2.53 bits per heavy atom. The second-order valence-electron chi connectivity index (χ2n) is 9.22. The molecule has 2 aliphatic rings. The standard InChI is InChI=1S/C26H31N3O3/c1-18-13-14-21-22(15-18)29(24(31)16-19-9-5-3-6-10-19)26(2,17-23(30)28-21)25(32)27-20-11-7-4-8-12-20/h3,5-6,9-10,13-15,20H,4,7-8,11-12,16-17H2,1-2H3,(H,27,32)(H,28,30). The van der Waals surface area contributed by atoms with Crippen LogP contribution >= 0.6 is 0 Å². The molecule has 32 heavy (non-hydrogen) atoms. The molecule has 0 bridgehead atoms. The molecule has 2 N–H and O–H groups in total. The Morgan fingerprint density at radius 2 is 1.81 bits per heavy atom. The minimum absolute atomic E-state index is 0.0856. The van der Waals surface area contributed by atoms with E-state index >= 15 is 0 Å². The number of benzene rings is 2. The molecular weight excluding hydrogens is 402 g/mol. The van der Waals surface area contributed by atoms with Gasteiger partial charge in [0.05, 0.1) is 24.2 Å². The fourth-order valence-electron chi connectivity index (χ4n) is 4.81. The highest BCUT2D eigenvalue weighted by Gasteiger charge is 2.47. The lowest BCUT2D eigenvalue weighted by atomic mass is 9.90. The average molecular weight is 434 g/mol. The smallest absolute Gasteiger partial charge is 0.246 e. The summed E-state index contributed by atoms with van der Waals surface area (Å²) in [7, 11) is 0. The highest BCUT2D eigenvalue weighted by atomic mass is 16.2. The van der Waals surface area contributed by atoms with Gasteiger partial charge in [-0.15, -0.1) is 0 Å². The Labute approximate surface area is 189 Å². The lowest BCUT2D eigenvalue weighted by molar-refractivity contribution is -0.133. The van der Waals surface area contributed by atoms with Crippen LogP contribution in [0.15, 0.2) is 48.5 Å². The lowest BCUT2D eigenvalue weighted by Crippen LogP contribution is -2.61. The molecule has 1 saturated carbocycles. The normalized spacial score (nSPS) is 21.3. The monoisotopic (exact) mass is 433 g/mol. The van der Waals surface area contributed by atoms with E-state index in [0.29, 0.717) is 11.4 Å². The zero-order chi connectivity index (χ0) is 22.7. The first kappa shape index (κ1) is 22.1. The first-order chi connectivity index (χ1) is 15.4. The van der Waals surface area contributed by atoms with Crippen LogP contribution in [0.4, 0.5) is 11.4 Å². The van der Waals surface area contributed by atoms with Crippen LogP contribution in [-0.2, 0) is 20.8 Å². The number of anilines is 2. The van der Waals surface area contributed by atoms with Gasteiger partial charge in [0.2, 0.25) is 17.7 Å². The molecule has 1 unspecified atom stereocenters. The van der Waals surface area contributed by atoms with E-state index in [2.05, 4.69) is 10.6 Å². The number of amides is 3. The summed E-state index contributed by atoms with van der Waals surface area (Å²) < 4.78 is 0. The summed E-state index contributed by atoms with van der Waals surface area (Å²) in [5, 5.41) is 6.06. The van der Waals surface area contributed by atoms with Crippen molar-refractivity contribution in [3.8, 4) is 0 Å². The Balaban J connectivity index is 1.74. The van der Waals surface area contributed by atoms with Crippen molar-refractivity contribution in [2.75, 3.05) is 10.2 Å². The molecule has 1 fully saturated rings. The van der Waals surface area contributed by atoms with Gasteiger partial charge >= 0.3 is 0 Å². The molecule has 1 heterocycles. The molecule has 0 spiro atoms. The molecule has 6 nitrogen and oxygen atoms in total. The predicted octanol–water partition coefficient (Wildman–Crippen LogP) is 4.12. The third kappa shape index (κ3) is 4.54. The highest BCUT2D eigenvalue weighted by molar-refractivity contribution is 6.12. The van der Waals surface area contributed by atoms with Gasteiger partial charge < -0.3 is 10.6 Å². The molecule has 1 aliphatic carbocycles. The maximum absolute atomic E-state index is 13.7. The van der Waals surface area contributed by atoms with E-state index in [4.69, 9.17) is 0 Å². The van der Waals surface area contributed by atoms with Gasteiger partial charge in [-0.2, -0.15) is 0 Å². The molecule has 0 saturated heterocycles. The average Bonchev–Trinajstić information content (AvgIpc) is 2.88. The highest BCUT2D eigenvalue weighted by Crippen LogP contribution is 2.38. The maximum atomic E-state index is 13.7. The van der Waals surface area contributed by atoms with E-state index in [9.17, 15) is 14.4 Å².